The van der Waals surface area contributed by atoms with Gasteiger partial charge in [0.1, 0.15) is 11.6 Å². The first-order valence-electron chi connectivity index (χ1n) is 8.60. The van der Waals surface area contributed by atoms with E-state index in [1.165, 1.54) is 0 Å². The molecule has 2 aliphatic rings. The molecule has 8 heteroatoms. The van der Waals surface area contributed by atoms with Crippen molar-refractivity contribution in [2.45, 2.75) is 19.3 Å². The van der Waals surface area contributed by atoms with E-state index in [1.807, 2.05) is 9.80 Å². The first-order valence-corrected chi connectivity index (χ1v) is 8.60. The van der Waals surface area contributed by atoms with Crippen LogP contribution in [-0.2, 0) is 9.53 Å². The van der Waals surface area contributed by atoms with Gasteiger partial charge in [-0.15, -0.1) is 6.58 Å². The summed E-state index contributed by atoms with van der Waals surface area (Å²) in [6.07, 6.45) is 3.56. The second-order valence-electron chi connectivity index (χ2n) is 6.65. The molecule has 3 heterocycles. The number of hydrogen-bond donors (Lipinski definition) is 2. The lowest BCUT2D eigenvalue weighted by Crippen LogP contribution is -2.48. The highest BCUT2D eigenvalue weighted by atomic mass is 16.5. The van der Waals surface area contributed by atoms with Crippen molar-refractivity contribution in [1.29, 1.82) is 0 Å². The Morgan fingerprint density at radius 3 is 2.80 bits per heavy atom. The van der Waals surface area contributed by atoms with Gasteiger partial charge in [-0.05, 0) is 19.3 Å². The fourth-order valence-electron chi connectivity index (χ4n) is 3.54. The number of morpholine rings is 1. The van der Waals surface area contributed by atoms with Crippen molar-refractivity contribution in [3.63, 3.8) is 0 Å². The minimum absolute atomic E-state index is 0.390. The Morgan fingerprint density at radius 2 is 2.12 bits per heavy atom. The number of nitrogens with zero attached hydrogens (tertiary/aromatic N) is 4. The average molecular weight is 347 g/mol. The molecule has 3 N–H and O–H groups in total. The van der Waals surface area contributed by atoms with Crippen LogP contribution in [0.2, 0.25) is 0 Å². The SMILES string of the molecule is C=CC[C@]1(C(=O)O)CCCN(c2cc(N)nc(N3CCOCC3)n2)C1. The van der Waals surface area contributed by atoms with E-state index in [-0.39, 0.29) is 0 Å². The fourth-order valence-corrected chi connectivity index (χ4v) is 3.54. The van der Waals surface area contributed by atoms with Gasteiger partial charge in [-0.3, -0.25) is 4.79 Å². The zero-order chi connectivity index (χ0) is 17.9. The quantitative estimate of drug-likeness (QED) is 0.764. The molecule has 2 aliphatic heterocycles. The van der Waals surface area contributed by atoms with Gasteiger partial charge >= 0.3 is 5.97 Å². The van der Waals surface area contributed by atoms with Gasteiger partial charge in [0, 0.05) is 32.2 Å². The van der Waals surface area contributed by atoms with Crippen LogP contribution in [0.25, 0.3) is 0 Å². The number of nitrogens with two attached hydrogens (primary N) is 1. The van der Waals surface area contributed by atoms with Crippen molar-refractivity contribution < 1.29 is 14.6 Å². The number of piperidine rings is 1. The van der Waals surface area contributed by atoms with Crippen LogP contribution in [0.4, 0.5) is 17.6 Å². The van der Waals surface area contributed by atoms with Gasteiger partial charge in [-0.1, -0.05) is 6.08 Å². The van der Waals surface area contributed by atoms with Crippen LogP contribution in [0, 0.1) is 5.41 Å². The largest absolute Gasteiger partial charge is 0.481 e. The van der Waals surface area contributed by atoms with Crippen molar-refractivity contribution in [2.24, 2.45) is 5.41 Å². The topological polar surface area (TPSA) is 105 Å². The summed E-state index contributed by atoms with van der Waals surface area (Å²) >= 11 is 0. The lowest BCUT2D eigenvalue weighted by atomic mass is 9.77. The second-order valence-corrected chi connectivity index (χ2v) is 6.65. The van der Waals surface area contributed by atoms with E-state index in [2.05, 4.69) is 16.5 Å². The highest BCUT2D eigenvalue weighted by molar-refractivity contribution is 5.76. The second kappa shape index (κ2) is 7.26. The van der Waals surface area contributed by atoms with Crippen LogP contribution in [-0.4, -0.2) is 60.4 Å². The Kier molecular flexibility index (Phi) is 5.08. The maximum atomic E-state index is 11.9. The number of carbonyl (C=O) groups is 1. The Hall–Kier alpha value is -2.35. The number of anilines is 3. The zero-order valence-corrected chi connectivity index (χ0v) is 14.4. The maximum Gasteiger partial charge on any atom is 0.311 e. The molecule has 2 saturated heterocycles. The molecule has 0 aromatic carbocycles. The number of aromatic nitrogens is 2. The Labute approximate surface area is 147 Å². The number of ether oxygens (including phenoxy) is 1. The summed E-state index contributed by atoms with van der Waals surface area (Å²) in [6.45, 7) is 7.59. The highest BCUT2D eigenvalue weighted by Crippen LogP contribution is 2.36. The molecule has 0 amide bonds. The predicted octanol–water partition coefficient (Wildman–Crippen LogP) is 1.14. The van der Waals surface area contributed by atoms with Crippen LogP contribution < -0.4 is 15.5 Å². The minimum atomic E-state index is -0.821. The molecule has 2 fully saturated rings. The molecule has 25 heavy (non-hydrogen) atoms. The molecule has 0 bridgehead atoms. The summed E-state index contributed by atoms with van der Waals surface area (Å²) < 4.78 is 5.36. The molecule has 0 saturated carbocycles. The molecule has 1 atom stereocenters. The summed E-state index contributed by atoms with van der Waals surface area (Å²) in [4.78, 5) is 24.9. The summed E-state index contributed by atoms with van der Waals surface area (Å²) in [5.74, 6) is 0.867. The first kappa shape index (κ1) is 17.5. The molecule has 3 rings (SSSR count). The lowest BCUT2D eigenvalue weighted by molar-refractivity contribution is -0.149. The summed E-state index contributed by atoms with van der Waals surface area (Å²) in [7, 11) is 0. The van der Waals surface area contributed by atoms with Crippen LogP contribution >= 0.6 is 0 Å². The number of carboxylic acid groups (broad SMARTS) is 1. The van der Waals surface area contributed by atoms with E-state index in [1.54, 1.807) is 12.1 Å². The van der Waals surface area contributed by atoms with Crippen molar-refractivity contribution in [3.8, 4) is 0 Å². The molecule has 0 aliphatic carbocycles. The van der Waals surface area contributed by atoms with E-state index >= 15 is 0 Å². The molecule has 0 radical (unpaired) electrons. The standard InChI is InChI=1S/C17H25N5O3/c1-2-4-17(15(23)24)5-3-6-22(12-17)14-11-13(18)19-16(20-14)21-7-9-25-10-8-21/h2,11H,1,3-10,12H2,(H,23,24)(H2,18,19,20)/t17-/m0/s1. The summed E-state index contributed by atoms with van der Waals surface area (Å²) in [6, 6.07) is 1.72. The number of hydrogen-bond acceptors (Lipinski definition) is 7. The number of carboxylic acids is 1. The molecule has 1 aromatic heterocycles. The van der Waals surface area contributed by atoms with Gasteiger partial charge in [0.05, 0.1) is 18.6 Å². The fraction of sp³-hybridized carbons (Fsp3) is 0.588. The number of allylic oxidation sites excluding steroid dienone is 1. The molecule has 1 aromatic rings. The van der Waals surface area contributed by atoms with E-state index in [4.69, 9.17) is 10.5 Å². The third-order valence-corrected chi connectivity index (χ3v) is 4.90. The van der Waals surface area contributed by atoms with Crippen LogP contribution in [0.1, 0.15) is 19.3 Å². The van der Waals surface area contributed by atoms with E-state index in [0.29, 0.717) is 50.2 Å². The molecule has 0 spiro atoms. The minimum Gasteiger partial charge on any atom is -0.481 e. The van der Waals surface area contributed by atoms with E-state index in [0.717, 1.165) is 26.1 Å². The molecule has 136 valence electrons. The Balaban J connectivity index is 1.86. The van der Waals surface area contributed by atoms with Gasteiger partial charge in [0.25, 0.3) is 0 Å². The highest BCUT2D eigenvalue weighted by Gasteiger charge is 2.41. The molecular weight excluding hydrogens is 322 g/mol. The maximum absolute atomic E-state index is 11.9. The normalized spacial score (nSPS) is 24.2. The van der Waals surface area contributed by atoms with E-state index < -0.39 is 11.4 Å². The number of aliphatic carboxylic acids is 1. The summed E-state index contributed by atoms with van der Waals surface area (Å²) in [5.41, 5.74) is 5.17. The van der Waals surface area contributed by atoms with Crippen LogP contribution in [0.5, 0.6) is 0 Å². The number of rotatable bonds is 5. The zero-order valence-electron chi connectivity index (χ0n) is 14.4. The van der Waals surface area contributed by atoms with E-state index in [9.17, 15) is 9.90 Å². The molecular formula is C17H25N5O3. The number of nitrogen functional groups attached to an aromatic ring is 1. The monoisotopic (exact) mass is 347 g/mol. The van der Waals surface area contributed by atoms with Crippen LogP contribution in [0.3, 0.4) is 0 Å². The third kappa shape index (κ3) is 3.68. The van der Waals surface area contributed by atoms with Gasteiger partial charge in [-0.25, -0.2) is 0 Å². The summed E-state index contributed by atoms with van der Waals surface area (Å²) in [5, 5.41) is 9.74. The molecule has 8 nitrogen and oxygen atoms in total. The van der Waals surface area contributed by atoms with Crippen molar-refractivity contribution in [3.05, 3.63) is 18.7 Å². The van der Waals surface area contributed by atoms with Crippen molar-refractivity contribution in [2.75, 3.05) is 54.9 Å². The first-order chi connectivity index (χ1) is 12.0. The van der Waals surface area contributed by atoms with Gasteiger partial charge in [0.15, 0.2) is 0 Å². The third-order valence-electron chi connectivity index (χ3n) is 4.90. The van der Waals surface area contributed by atoms with Gasteiger partial charge < -0.3 is 25.4 Å². The molecule has 0 unspecified atom stereocenters. The van der Waals surface area contributed by atoms with Crippen molar-refractivity contribution >= 4 is 23.6 Å². The Morgan fingerprint density at radius 1 is 1.36 bits per heavy atom. The smallest absolute Gasteiger partial charge is 0.311 e. The van der Waals surface area contributed by atoms with Crippen molar-refractivity contribution in [1.82, 2.24) is 9.97 Å². The predicted molar refractivity (Wildman–Crippen MR) is 95.8 cm³/mol. The van der Waals surface area contributed by atoms with Gasteiger partial charge in [0.2, 0.25) is 5.95 Å². The Bertz CT molecular complexity index is 647. The lowest BCUT2D eigenvalue weighted by Gasteiger charge is -2.40. The van der Waals surface area contributed by atoms with Crippen LogP contribution in [0.15, 0.2) is 18.7 Å². The average Bonchev–Trinajstić information content (AvgIpc) is 2.62. The van der Waals surface area contributed by atoms with Gasteiger partial charge in [-0.2, -0.15) is 9.97 Å².